The summed E-state index contributed by atoms with van der Waals surface area (Å²) in [5.41, 5.74) is 1.88. The summed E-state index contributed by atoms with van der Waals surface area (Å²) in [5, 5.41) is 9.21. The molecule has 0 saturated heterocycles. The molecule has 0 radical (unpaired) electrons. The zero-order valence-corrected chi connectivity index (χ0v) is 11.3. The van der Waals surface area contributed by atoms with Crippen molar-refractivity contribution in [2.75, 3.05) is 5.75 Å². The predicted octanol–water partition coefficient (Wildman–Crippen LogP) is 3.55. The van der Waals surface area contributed by atoms with Gasteiger partial charge in [-0.15, -0.1) is 11.8 Å². The third-order valence-corrected chi connectivity index (χ3v) is 4.68. The summed E-state index contributed by atoms with van der Waals surface area (Å²) in [7, 11) is 0. The Balaban J connectivity index is 2.35. The molecular weight excluding hydrogens is 232 g/mol. The average Bonchev–Trinajstić information content (AvgIpc) is 2.61. The monoisotopic (exact) mass is 250 g/mol. The standard InChI is InChI=1S/C14H18O2S/c1-9-8-17-11-6-4-5-10(12(9)11)7-14(2,3)13(15)16/h4-6,9H,7-8H2,1-3H3,(H,15,16). The Kier molecular flexibility index (Phi) is 3.21. The van der Waals surface area contributed by atoms with Crippen molar-refractivity contribution in [3.8, 4) is 0 Å². The SMILES string of the molecule is CC1CSc2cccc(CC(C)(C)C(=O)O)c21. The number of hydrogen-bond donors (Lipinski definition) is 1. The van der Waals surface area contributed by atoms with Gasteiger partial charge < -0.3 is 5.11 Å². The number of hydrogen-bond acceptors (Lipinski definition) is 2. The summed E-state index contributed by atoms with van der Waals surface area (Å²) in [6.07, 6.45) is 0.608. The second-order valence-electron chi connectivity index (χ2n) is 5.41. The van der Waals surface area contributed by atoms with Gasteiger partial charge in [0.1, 0.15) is 0 Å². The van der Waals surface area contributed by atoms with E-state index in [9.17, 15) is 9.90 Å². The van der Waals surface area contributed by atoms with E-state index in [0.29, 0.717) is 12.3 Å². The number of carbonyl (C=O) groups is 1. The van der Waals surface area contributed by atoms with Crippen LogP contribution in [0.2, 0.25) is 0 Å². The summed E-state index contributed by atoms with van der Waals surface area (Å²) in [5.74, 6) is 0.920. The van der Waals surface area contributed by atoms with Crippen LogP contribution in [0, 0.1) is 5.41 Å². The summed E-state index contributed by atoms with van der Waals surface area (Å²) >= 11 is 1.88. The molecule has 1 aromatic rings. The molecule has 2 nitrogen and oxygen atoms in total. The van der Waals surface area contributed by atoms with Crippen molar-refractivity contribution in [3.05, 3.63) is 29.3 Å². The Morgan fingerprint density at radius 3 is 2.88 bits per heavy atom. The van der Waals surface area contributed by atoms with Gasteiger partial charge >= 0.3 is 5.97 Å². The number of aliphatic carboxylic acids is 1. The molecule has 1 atom stereocenters. The van der Waals surface area contributed by atoms with Crippen molar-refractivity contribution in [2.24, 2.45) is 5.41 Å². The van der Waals surface area contributed by atoms with Gasteiger partial charge in [0.25, 0.3) is 0 Å². The summed E-state index contributed by atoms with van der Waals surface area (Å²) in [6, 6.07) is 6.25. The highest BCUT2D eigenvalue weighted by atomic mass is 32.2. The fourth-order valence-electron chi connectivity index (χ4n) is 2.28. The average molecular weight is 250 g/mol. The van der Waals surface area contributed by atoms with E-state index in [1.165, 1.54) is 16.0 Å². The molecular formula is C14H18O2S. The van der Waals surface area contributed by atoms with Gasteiger partial charge in [-0.25, -0.2) is 0 Å². The molecule has 1 N–H and O–H groups in total. The Hall–Kier alpha value is -0.960. The van der Waals surface area contributed by atoms with E-state index in [2.05, 4.69) is 19.1 Å². The Morgan fingerprint density at radius 2 is 2.24 bits per heavy atom. The lowest BCUT2D eigenvalue weighted by Gasteiger charge is -2.21. The van der Waals surface area contributed by atoms with Crippen LogP contribution in [0.1, 0.15) is 37.8 Å². The molecule has 0 amide bonds. The van der Waals surface area contributed by atoms with E-state index in [1.807, 2.05) is 17.8 Å². The molecule has 0 aliphatic carbocycles. The molecule has 0 saturated carbocycles. The molecule has 0 spiro atoms. The first-order valence-electron chi connectivity index (χ1n) is 5.90. The van der Waals surface area contributed by atoms with E-state index >= 15 is 0 Å². The Bertz CT molecular complexity index is 452. The van der Waals surface area contributed by atoms with Gasteiger partial charge in [0.2, 0.25) is 0 Å². The molecule has 17 heavy (non-hydrogen) atoms. The molecule has 1 unspecified atom stereocenters. The summed E-state index contributed by atoms with van der Waals surface area (Å²) in [6.45, 7) is 5.80. The molecule has 3 heteroatoms. The lowest BCUT2D eigenvalue weighted by Crippen LogP contribution is -2.26. The van der Waals surface area contributed by atoms with Gasteiger partial charge in [0.05, 0.1) is 5.41 Å². The van der Waals surface area contributed by atoms with Crippen LogP contribution in [0.15, 0.2) is 23.1 Å². The first kappa shape index (κ1) is 12.5. The molecule has 1 aliphatic rings. The molecule has 1 aliphatic heterocycles. The minimum Gasteiger partial charge on any atom is -0.481 e. The van der Waals surface area contributed by atoms with Crippen molar-refractivity contribution in [3.63, 3.8) is 0 Å². The van der Waals surface area contributed by atoms with E-state index in [0.717, 1.165) is 5.75 Å². The van der Waals surface area contributed by atoms with Gasteiger partial charge in [-0.05, 0) is 43.4 Å². The van der Waals surface area contributed by atoms with E-state index in [4.69, 9.17) is 0 Å². The van der Waals surface area contributed by atoms with Crippen molar-refractivity contribution in [2.45, 2.75) is 38.0 Å². The maximum atomic E-state index is 11.2. The van der Waals surface area contributed by atoms with E-state index in [-0.39, 0.29) is 0 Å². The first-order valence-corrected chi connectivity index (χ1v) is 6.88. The highest BCUT2D eigenvalue weighted by Crippen LogP contribution is 2.42. The van der Waals surface area contributed by atoms with Crippen LogP contribution >= 0.6 is 11.8 Å². The topological polar surface area (TPSA) is 37.3 Å². The maximum Gasteiger partial charge on any atom is 0.309 e. The Morgan fingerprint density at radius 1 is 1.53 bits per heavy atom. The first-order chi connectivity index (χ1) is 7.92. The minimum absolute atomic E-state index is 0.538. The molecule has 0 bridgehead atoms. The number of benzene rings is 1. The number of fused-ring (bicyclic) bond motifs is 1. The summed E-state index contributed by atoms with van der Waals surface area (Å²) < 4.78 is 0. The third kappa shape index (κ3) is 2.34. The van der Waals surface area contributed by atoms with Crippen LogP contribution in [-0.2, 0) is 11.2 Å². The molecule has 2 rings (SSSR count). The molecule has 92 valence electrons. The quantitative estimate of drug-likeness (QED) is 0.891. The lowest BCUT2D eigenvalue weighted by atomic mass is 9.82. The van der Waals surface area contributed by atoms with Crippen molar-refractivity contribution in [1.82, 2.24) is 0 Å². The smallest absolute Gasteiger partial charge is 0.309 e. The second kappa shape index (κ2) is 4.37. The minimum atomic E-state index is -0.728. The number of carboxylic acids is 1. The van der Waals surface area contributed by atoms with Crippen LogP contribution < -0.4 is 0 Å². The third-order valence-electron chi connectivity index (χ3n) is 3.35. The zero-order valence-electron chi connectivity index (χ0n) is 10.5. The van der Waals surface area contributed by atoms with Gasteiger partial charge in [-0.3, -0.25) is 4.79 Å². The van der Waals surface area contributed by atoms with Gasteiger partial charge in [0.15, 0.2) is 0 Å². The van der Waals surface area contributed by atoms with Crippen molar-refractivity contribution >= 4 is 17.7 Å². The van der Waals surface area contributed by atoms with Crippen molar-refractivity contribution < 1.29 is 9.90 Å². The van der Waals surface area contributed by atoms with Crippen LogP contribution in [0.5, 0.6) is 0 Å². The molecule has 0 aromatic heterocycles. The van der Waals surface area contributed by atoms with Crippen LogP contribution in [0.4, 0.5) is 0 Å². The maximum absolute atomic E-state index is 11.2. The number of thioether (sulfide) groups is 1. The fourth-order valence-corrected chi connectivity index (χ4v) is 3.54. The second-order valence-corrected chi connectivity index (χ2v) is 6.47. The molecule has 1 heterocycles. The highest BCUT2D eigenvalue weighted by Gasteiger charge is 2.30. The van der Waals surface area contributed by atoms with Gasteiger partial charge in [-0.2, -0.15) is 0 Å². The number of carboxylic acid groups (broad SMARTS) is 1. The highest BCUT2D eigenvalue weighted by molar-refractivity contribution is 7.99. The lowest BCUT2D eigenvalue weighted by molar-refractivity contribution is -0.146. The van der Waals surface area contributed by atoms with Gasteiger partial charge in [0, 0.05) is 10.6 Å². The largest absolute Gasteiger partial charge is 0.481 e. The molecule has 1 aromatic carbocycles. The summed E-state index contributed by atoms with van der Waals surface area (Å²) in [4.78, 5) is 12.5. The van der Waals surface area contributed by atoms with Crippen LogP contribution in [0.3, 0.4) is 0 Å². The van der Waals surface area contributed by atoms with Crippen LogP contribution in [-0.4, -0.2) is 16.8 Å². The van der Waals surface area contributed by atoms with Crippen molar-refractivity contribution in [1.29, 1.82) is 0 Å². The fraction of sp³-hybridized carbons (Fsp3) is 0.500. The Labute approximate surface area is 106 Å². The zero-order chi connectivity index (χ0) is 12.6. The predicted molar refractivity (Wildman–Crippen MR) is 70.7 cm³/mol. The number of rotatable bonds is 3. The normalized spacial score (nSPS) is 19.1. The van der Waals surface area contributed by atoms with E-state index < -0.39 is 11.4 Å². The van der Waals surface area contributed by atoms with Gasteiger partial charge in [-0.1, -0.05) is 19.1 Å². The molecule has 0 fully saturated rings. The van der Waals surface area contributed by atoms with E-state index in [1.54, 1.807) is 13.8 Å². The van der Waals surface area contributed by atoms with Crippen LogP contribution in [0.25, 0.3) is 0 Å².